The first-order valence-electron chi connectivity index (χ1n) is 6.91. The van der Waals surface area contributed by atoms with Crippen molar-refractivity contribution in [2.45, 2.75) is 34.6 Å². The van der Waals surface area contributed by atoms with Crippen molar-refractivity contribution in [3.05, 3.63) is 63.0 Å². The zero-order valence-electron chi connectivity index (χ0n) is 13.1. The van der Waals surface area contributed by atoms with Gasteiger partial charge in [-0.1, -0.05) is 6.07 Å². The predicted octanol–water partition coefficient (Wildman–Crippen LogP) is 4.18. The molecule has 0 aliphatic carbocycles. The molecule has 110 valence electrons. The highest BCUT2D eigenvalue weighted by Crippen LogP contribution is 2.26. The van der Waals surface area contributed by atoms with Crippen molar-refractivity contribution in [2.24, 2.45) is 0 Å². The number of halogens is 1. The van der Waals surface area contributed by atoms with E-state index in [0.717, 1.165) is 22.3 Å². The molecule has 2 rings (SSSR count). The van der Waals surface area contributed by atoms with E-state index in [4.69, 9.17) is 5.73 Å². The number of aryl methyl sites for hydroxylation is 2. The van der Waals surface area contributed by atoms with Gasteiger partial charge in [-0.25, -0.2) is 4.39 Å². The molecule has 0 heterocycles. The van der Waals surface area contributed by atoms with Crippen LogP contribution >= 0.6 is 0 Å². The summed E-state index contributed by atoms with van der Waals surface area (Å²) in [6, 6.07) is 4.88. The molecule has 0 spiro atoms. The lowest BCUT2D eigenvalue weighted by molar-refractivity contribution is 0.103. The fourth-order valence-corrected chi connectivity index (χ4v) is 2.53. The number of nitrogens with two attached hydrogens (primary N) is 1. The first-order valence-corrected chi connectivity index (χ1v) is 6.91. The van der Waals surface area contributed by atoms with E-state index >= 15 is 0 Å². The Hall–Kier alpha value is -2.16. The van der Waals surface area contributed by atoms with Crippen LogP contribution < -0.4 is 5.73 Å². The number of benzene rings is 2. The van der Waals surface area contributed by atoms with Crippen molar-refractivity contribution in [3.8, 4) is 0 Å². The zero-order chi connectivity index (χ0) is 15.9. The van der Waals surface area contributed by atoms with Gasteiger partial charge >= 0.3 is 0 Å². The molecule has 0 atom stereocenters. The first kappa shape index (κ1) is 15.2. The molecule has 0 amide bonds. The minimum absolute atomic E-state index is 0.178. The van der Waals surface area contributed by atoms with E-state index < -0.39 is 5.82 Å². The van der Waals surface area contributed by atoms with E-state index in [1.807, 2.05) is 27.7 Å². The highest BCUT2D eigenvalue weighted by Gasteiger charge is 2.19. The van der Waals surface area contributed by atoms with Crippen molar-refractivity contribution in [1.82, 2.24) is 0 Å². The van der Waals surface area contributed by atoms with Gasteiger partial charge in [0.25, 0.3) is 0 Å². The lowest BCUT2D eigenvalue weighted by atomic mass is 9.89. The van der Waals surface area contributed by atoms with Crippen LogP contribution in [0.5, 0.6) is 0 Å². The fraction of sp³-hybridized carbons (Fsp3) is 0.278. The first-order chi connectivity index (χ1) is 9.73. The van der Waals surface area contributed by atoms with Crippen molar-refractivity contribution >= 4 is 11.5 Å². The maximum atomic E-state index is 13.8. The van der Waals surface area contributed by atoms with Crippen LogP contribution in [-0.4, -0.2) is 5.78 Å². The van der Waals surface area contributed by atoms with Crippen molar-refractivity contribution in [3.63, 3.8) is 0 Å². The molecular weight excluding hydrogens is 265 g/mol. The van der Waals surface area contributed by atoms with Gasteiger partial charge in [0.1, 0.15) is 5.82 Å². The van der Waals surface area contributed by atoms with Gasteiger partial charge in [0.2, 0.25) is 0 Å². The van der Waals surface area contributed by atoms with E-state index in [0.29, 0.717) is 22.4 Å². The molecule has 0 unspecified atom stereocenters. The van der Waals surface area contributed by atoms with E-state index in [1.165, 1.54) is 6.07 Å². The zero-order valence-corrected chi connectivity index (χ0v) is 13.1. The molecule has 0 saturated carbocycles. The van der Waals surface area contributed by atoms with Gasteiger partial charge in [-0.05, 0) is 69.0 Å². The van der Waals surface area contributed by atoms with Gasteiger partial charge in [-0.2, -0.15) is 0 Å². The Bertz CT molecular complexity index is 698. The molecule has 0 aliphatic rings. The Morgan fingerprint density at radius 3 is 1.90 bits per heavy atom. The molecule has 2 nitrogen and oxygen atoms in total. The predicted molar refractivity (Wildman–Crippen MR) is 84.4 cm³/mol. The normalized spacial score (nSPS) is 10.8. The Kier molecular flexibility index (Phi) is 3.86. The van der Waals surface area contributed by atoms with E-state index in [-0.39, 0.29) is 5.78 Å². The second-order valence-corrected chi connectivity index (χ2v) is 5.64. The lowest BCUT2D eigenvalue weighted by Gasteiger charge is -2.15. The molecule has 0 aromatic heterocycles. The molecule has 0 bridgehead atoms. The van der Waals surface area contributed by atoms with Gasteiger partial charge in [-0.3, -0.25) is 4.79 Å². The SMILES string of the molecule is Cc1cc(C)c(C)c(C(=O)c2cc(N)c(C)c(F)c2)c1C. The molecule has 0 radical (unpaired) electrons. The van der Waals surface area contributed by atoms with Gasteiger partial charge in [0.15, 0.2) is 5.78 Å². The smallest absolute Gasteiger partial charge is 0.193 e. The van der Waals surface area contributed by atoms with E-state index in [2.05, 4.69) is 6.07 Å². The van der Waals surface area contributed by atoms with Crippen LogP contribution in [0.1, 0.15) is 43.7 Å². The van der Waals surface area contributed by atoms with Crippen molar-refractivity contribution < 1.29 is 9.18 Å². The summed E-state index contributed by atoms with van der Waals surface area (Å²) in [5.74, 6) is -0.625. The average molecular weight is 285 g/mol. The van der Waals surface area contributed by atoms with Crippen molar-refractivity contribution in [2.75, 3.05) is 5.73 Å². The van der Waals surface area contributed by atoms with Crippen LogP contribution in [0.25, 0.3) is 0 Å². The number of hydrogen-bond acceptors (Lipinski definition) is 2. The third-order valence-electron chi connectivity index (χ3n) is 4.24. The molecule has 0 saturated heterocycles. The molecule has 2 N–H and O–H groups in total. The summed E-state index contributed by atoms with van der Waals surface area (Å²) >= 11 is 0. The van der Waals surface area contributed by atoms with Crippen LogP contribution in [0.3, 0.4) is 0 Å². The van der Waals surface area contributed by atoms with Crippen molar-refractivity contribution in [1.29, 1.82) is 0 Å². The number of hydrogen-bond donors (Lipinski definition) is 1. The Balaban J connectivity index is 2.66. The lowest BCUT2D eigenvalue weighted by Crippen LogP contribution is -2.10. The van der Waals surface area contributed by atoms with Gasteiger partial charge < -0.3 is 5.73 Å². The van der Waals surface area contributed by atoms with E-state index in [9.17, 15) is 9.18 Å². The largest absolute Gasteiger partial charge is 0.398 e. The summed E-state index contributed by atoms with van der Waals surface area (Å²) < 4.78 is 13.8. The molecule has 2 aromatic carbocycles. The number of nitrogen functional groups attached to an aromatic ring is 1. The summed E-state index contributed by atoms with van der Waals surface area (Å²) in [6.07, 6.45) is 0. The summed E-state index contributed by atoms with van der Waals surface area (Å²) in [4.78, 5) is 12.8. The maximum absolute atomic E-state index is 13.8. The molecule has 0 fully saturated rings. The standard InChI is InChI=1S/C18H20FNO/c1-9-6-10(2)12(4)17(11(9)3)18(21)14-7-15(19)13(5)16(20)8-14/h6-8H,20H2,1-5H3. The second-order valence-electron chi connectivity index (χ2n) is 5.64. The van der Waals surface area contributed by atoms with Gasteiger partial charge in [0, 0.05) is 22.4 Å². The monoisotopic (exact) mass is 285 g/mol. The molecule has 0 aliphatic heterocycles. The summed E-state index contributed by atoms with van der Waals surface area (Å²) in [6.45, 7) is 9.39. The van der Waals surface area contributed by atoms with Gasteiger partial charge in [0.05, 0.1) is 0 Å². The topological polar surface area (TPSA) is 43.1 Å². The Morgan fingerprint density at radius 2 is 1.43 bits per heavy atom. The van der Waals surface area contributed by atoms with Crippen LogP contribution in [-0.2, 0) is 0 Å². The number of rotatable bonds is 2. The average Bonchev–Trinajstić information content (AvgIpc) is 2.42. The third-order valence-corrected chi connectivity index (χ3v) is 4.24. The third kappa shape index (κ3) is 2.56. The Labute approximate surface area is 124 Å². The highest BCUT2D eigenvalue weighted by atomic mass is 19.1. The minimum Gasteiger partial charge on any atom is -0.398 e. The molecular formula is C18H20FNO. The Morgan fingerprint density at radius 1 is 0.905 bits per heavy atom. The molecule has 2 aromatic rings. The number of ketones is 1. The summed E-state index contributed by atoms with van der Waals surface area (Å²) in [7, 11) is 0. The van der Waals surface area contributed by atoms with Crippen LogP contribution in [0, 0.1) is 40.4 Å². The van der Waals surface area contributed by atoms with Crippen LogP contribution in [0.15, 0.2) is 18.2 Å². The fourth-order valence-electron chi connectivity index (χ4n) is 2.53. The number of carbonyl (C=O) groups excluding carboxylic acids is 1. The number of carbonyl (C=O) groups is 1. The maximum Gasteiger partial charge on any atom is 0.193 e. The number of anilines is 1. The quantitative estimate of drug-likeness (QED) is 0.664. The minimum atomic E-state index is -0.446. The van der Waals surface area contributed by atoms with Crippen LogP contribution in [0.4, 0.5) is 10.1 Å². The highest BCUT2D eigenvalue weighted by molar-refractivity contribution is 6.11. The van der Waals surface area contributed by atoms with Crippen LogP contribution in [0.2, 0.25) is 0 Å². The molecule has 3 heteroatoms. The molecule has 21 heavy (non-hydrogen) atoms. The summed E-state index contributed by atoms with van der Waals surface area (Å²) in [5.41, 5.74) is 11.4. The van der Waals surface area contributed by atoms with Gasteiger partial charge in [-0.15, -0.1) is 0 Å². The van der Waals surface area contributed by atoms with E-state index in [1.54, 1.807) is 13.0 Å². The summed E-state index contributed by atoms with van der Waals surface area (Å²) in [5, 5.41) is 0. The second kappa shape index (κ2) is 5.32.